The fourth-order valence-corrected chi connectivity index (χ4v) is 1.98. The number of carbonyl (C=O) groups is 1. The molecule has 0 aromatic heterocycles. The molecule has 1 aromatic carbocycles. The third kappa shape index (κ3) is 7.50. The van der Waals surface area contributed by atoms with Crippen LogP contribution in [0.15, 0.2) is 24.3 Å². The van der Waals surface area contributed by atoms with E-state index in [4.69, 9.17) is 5.11 Å². The minimum atomic E-state index is -0.698. The molecule has 0 spiro atoms. The summed E-state index contributed by atoms with van der Waals surface area (Å²) in [7, 11) is 0. The van der Waals surface area contributed by atoms with Crippen molar-refractivity contribution in [2.75, 3.05) is 11.9 Å². The van der Waals surface area contributed by atoms with E-state index in [0.717, 1.165) is 37.9 Å². The molecular formula is C16H25NO2. The van der Waals surface area contributed by atoms with Crippen LogP contribution in [-0.2, 0) is 11.2 Å². The van der Waals surface area contributed by atoms with E-state index in [1.807, 2.05) is 0 Å². The molecule has 0 radical (unpaired) electrons. The molecule has 0 heterocycles. The number of aryl methyl sites for hydroxylation is 1. The SMILES string of the molecule is CCCCc1ccc(NCCCCCC(=O)O)cc1. The Hall–Kier alpha value is -1.51. The molecule has 0 atom stereocenters. The largest absolute Gasteiger partial charge is 0.481 e. The summed E-state index contributed by atoms with van der Waals surface area (Å²) in [5.41, 5.74) is 2.55. The summed E-state index contributed by atoms with van der Waals surface area (Å²) in [6.07, 6.45) is 6.68. The first-order chi connectivity index (χ1) is 9.22. The number of benzene rings is 1. The van der Waals surface area contributed by atoms with Crippen molar-refractivity contribution in [3.63, 3.8) is 0 Å². The first-order valence-corrected chi connectivity index (χ1v) is 7.27. The van der Waals surface area contributed by atoms with Gasteiger partial charge in [0.15, 0.2) is 0 Å². The van der Waals surface area contributed by atoms with Gasteiger partial charge in [-0.25, -0.2) is 0 Å². The van der Waals surface area contributed by atoms with Gasteiger partial charge in [-0.3, -0.25) is 4.79 Å². The zero-order chi connectivity index (χ0) is 13.9. The van der Waals surface area contributed by atoms with Gasteiger partial charge in [-0.1, -0.05) is 31.9 Å². The number of unbranched alkanes of at least 4 members (excludes halogenated alkanes) is 3. The Labute approximate surface area is 116 Å². The van der Waals surface area contributed by atoms with Crippen molar-refractivity contribution in [2.45, 2.75) is 51.9 Å². The molecule has 1 rings (SSSR count). The van der Waals surface area contributed by atoms with Crippen molar-refractivity contribution < 1.29 is 9.90 Å². The molecule has 0 aliphatic carbocycles. The summed E-state index contributed by atoms with van der Waals surface area (Å²) >= 11 is 0. The maximum Gasteiger partial charge on any atom is 0.303 e. The van der Waals surface area contributed by atoms with Gasteiger partial charge in [0, 0.05) is 18.7 Å². The van der Waals surface area contributed by atoms with Crippen molar-refractivity contribution in [2.24, 2.45) is 0 Å². The smallest absolute Gasteiger partial charge is 0.303 e. The van der Waals surface area contributed by atoms with Crippen LogP contribution in [0.5, 0.6) is 0 Å². The normalized spacial score (nSPS) is 10.4. The summed E-state index contributed by atoms with van der Waals surface area (Å²) in [6.45, 7) is 3.12. The zero-order valence-electron chi connectivity index (χ0n) is 11.8. The predicted molar refractivity (Wildman–Crippen MR) is 79.6 cm³/mol. The summed E-state index contributed by atoms with van der Waals surface area (Å²) in [5.74, 6) is -0.698. The molecule has 1 aromatic rings. The van der Waals surface area contributed by atoms with Crippen LogP contribution in [-0.4, -0.2) is 17.6 Å². The van der Waals surface area contributed by atoms with E-state index in [9.17, 15) is 4.79 Å². The number of carboxylic acid groups (broad SMARTS) is 1. The number of hydrogen-bond donors (Lipinski definition) is 2. The van der Waals surface area contributed by atoms with Crippen LogP contribution in [0.1, 0.15) is 51.0 Å². The van der Waals surface area contributed by atoms with Crippen molar-refractivity contribution in [3.05, 3.63) is 29.8 Å². The highest BCUT2D eigenvalue weighted by molar-refractivity contribution is 5.66. The molecule has 3 nitrogen and oxygen atoms in total. The Balaban J connectivity index is 2.14. The maximum atomic E-state index is 10.3. The number of nitrogens with one attached hydrogen (secondary N) is 1. The Morgan fingerprint density at radius 2 is 1.84 bits per heavy atom. The summed E-state index contributed by atoms with van der Waals surface area (Å²) in [5, 5.41) is 11.9. The first-order valence-electron chi connectivity index (χ1n) is 7.27. The Morgan fingerprint density at radius 1 is 1.11 bits per heavy atom. The molecule has 0 saturated carbocycles. The van der Waals surface area contributed by atoms with Gasteiger partial charge in [-0.05, 0) is 43.4 Å². The standard InChI is InChI=1S/C16H25NO2/c1-2-3-7-14-9-11-15(12-10-14)17-13-6-4-5-8-16(18)19/h9-12,17H,2-8,13H2,1H3,(H,18,19). The summed E-state index contributed by atoms with van der Waals surface area (Å²) in [6, 6.07) is 8.62. The van der Waals surface area contributed by atoms with E-state index in [1.165, 1.54) is 18.4 Å². The fourth-order valence-electron chi connectivity index (χ4n) is 1.98. The lowest BCUT2D eigenvalue weighted by Crippen LogP contribution is -2.02. The van der Waals surface area contributed by atoms with Crippen LogP contribution < -0.4 is 5.32 Å². The highest BCUT2D eigenvalue weighted by Gasteiger charge is 1.97. The highest BCUT2D eigenvalue weighted by Crippen LogP contribution is 2.12. The van der Waals surface area contributed by atoms with Crippen molar-refractivity contribution in [3.8, 4) is 0 Å². The summed E-state index contributed by atoms with van der Waals surface area (Å²) < 4.78 is 0. The van der Waals surface area contributed by atoms with E-state index in [-0.39, 0.29) is 6.42 Å². The van der Waals surface area contributed by atoms with Crippen molar-refractivity contribution >= 4 is 11.7 Å². The predicted octanol–water partition coefficient (Wildman–Crippen LogP) is 4.09. The van der Waals surface area contributed by atoms with Gasteiger partial charge in [0.25, 0.3) is 0 Å². The second-order valence-corrected chi connectivity index (χ2v) is 4.93. The Morgan fingerprint density at radius 3 is 2.47 bits per heavy atom. The third-order valence-electron chi connectivity index (χ3n) is 3.17. The molecule has 3 heteroatoms. The second kappa shape index (κ2) is 9.42. The van der Waals surface area contributed by atoms with Crippen LogP contribution in [0.25, 0.3) is 0 Å². The number of anilines is 1. The molecule has 0 bridgehead atoms. The molecule has 0 amide bonds. The Bertz CT molecular complexity index is 360. The molecule has 106 valence electrons. The third-order valence-corrected chi connectivity index (χ3v) is 3.17. The van der Waals surface area contributed by atoms with Crippen molar-refractivity contribution in [1.29, 1.82) is 0 Å². The zero-order valence-corrected chi connectivity index (χ0v) is 11.8. The average molecular weight is 263 g/mol. The van der Waals surface area contributed by atoms with Crippen LogP contribution in [0.3, 0.4) is 0 Å². The lowest BCUT2D eigenvalue weighted by Gasteiger charge is -2.07. The lowest BCUT2D eigenvalue weighted by atomic mass is 10.1. The topological polar surface area (TPSA) is 49.3 Å². The minimum Gasteiger partial charge on any atom is -0.481 e. The minimum absolute atomic E-state index is 0.284. The van der Waals surface area contributed by atoms with E-state index in [0.29, 0.717) is 0 Å². The lowest BCUT2D eigenvalue weighted by molar-refractivity contribution is -0.137. The van der Waals surface area contributed by atoms with Crippen LogP contribution in [0, 0.1) is 0 Å². The van der Waals surface area contributed by atoms with E-state index < -0.39 is 5.97 Å². The van der Waals surface area contributed by atoms with Gasteiger partial charge in [0.2, 0.25) is 0 Å². The number of aliphatic carboxylic acids is 1. The molecule has 0 fully saturated rings. The van der Waals surface area contributed by atoms with Gasteiger partial charge in [0.1, 0.15) is 0 Å². The monoisotopic (exact) mass is 263 g/mol. The molecule has 0 aliphatic heterocycles. The van der Waals surface area contributed by atoms with E-state index in [1.54, 1.807) is 0 Å². The van der Waals surface area contributed by atoms with Gasteiger partial charge < -0.3 is 10.4 Å². The number of carboxylic acids is 1. The molecule has 0 aliphatic rings. The fraction of sp³-hybridized carbons (Fsp3) is 0.562. The van der Waals surface area contributed by atoms with Gasteiger partial charge in [-0.15, -0.1) is 0 Å². The molecule has 2 N–H and O–H groups in total. The van der Waals surface area contributed by atoms with E-state index >= 15 is 0 Å². The molecule has 19 heavy (non-hydrogen) atoms. The van der Waals surface area contributed by atoms with Crippen LogP contribution in [0.2, 0.25) is 0 Å². The first kappa shape index (κ1) is 15.5. The molecular weight excluding hydrogens is 238 g/mol. The Kier molecular flexibility index (Phi) is 7.71. The number of rotatable bonds is 10. The summed E-state index contributed by atoms with van der Waals surface area (Å²) in [4.78, 5) is 10.3. The van der Waals surface area contributed by atoms with E-state index in [2.05, 4.69) is 36.5 Å². The van der Waals surface area contributed by atoms with Crippen LogP contribution >= 0.6 is 0 Å². The van der Waals surface area contributed by atoms with Crippen LogP contribution in [0.4, 0.5) is 5.69 Å². The number of hydrogen-bond acceptors (Lipinski definition) is 2. The van der Waals surface area contributed by atoms with Crippen molar-refractivity contribution in [1.82, 2.24) is 0 Å². The maximum absolute atomic E-state index is 10.3. The quantitative estimate of drug-likeness (QED) is 0.625. The average Bonchev–Trinajstić information content (AvgIpc) is 2.41. The molecule has 0 unspecified atom stereocenters. The second-order valence-electron chi connectivity index (χ2n) is 4.93. The molecule has 0 saturated heterocycles. The van der Waals surface area contributed by atoms with Gasteiger partial charge >= 0.3 is 5.97 Å². The van der Waals surface area contributed by atoms with Gasteiger partial charge in [0.05, 0.1) is 0 Å². The van der Waals surface area contributed by atoms with Gasteiger partial charge in [-0.2, -0.15) is 0 Å². The highest BCUT2D eigenvalue weighted by atomic mass is 16.4.